The van der Waals surface area contributed by atoms with Crippen molar-refractivity contribution in [3.8, 4) is 0 Å². The third kappa shape index (κ3) is 3.92. The summed E-state index contributed by atoms with van der Waals surface area (Å²) in [5, 5.41) is 0. The molecule has 0 saturated heterocycles. The molecule has 0 bridgehead atoms. The van der Waals surface area contributed by atoms with Crippen LogP contribution < -0.4 is 0 Å². The summed E-state index contributed by atoms with van der Waals surface area (Å²) in [5.74, 6) is 1.39. The lowest BCUT2D eigenvalue weighted by molar-refractivity contribution is 0.303. The van der Waals surface area contributed by atoms with Crippen LogP contribution in [-0.2, 0) is 0 Å². The van der Waals surface area contributed by atoms with E-state index in [9.17, 15) is 0 Å². The van der Waals surface area contributed by atoms with Gasteiger partial charge >= 0.3 is 6.00 Å². The van der Waals surface area contributed by atoms with E-state index in [1.54, 1.807) is 0 Å². The highest BCUT2D eigenvalue weighted by molar-refractivity contribution is 7.65. The quantitative estimate of drug-likeness (QED) is 0.487. The predicted octanol–water partition coefficient (Wildman–Crippen LogP) is 5.25. The summed E-state index contributed by atoms with van der Waals surface area (Å²) in [5.41, 5.74) is 0.406. The SMILES string of the molecule is CC(C)CC1CCCCC1[Si](Cl)(Cl)Cl. The molecule has 0 aromatic carbocycles. The van der Waals surface area contributed by atoms with Gasteiger partial charge in [0.1, 0.15) is 0 Å². The largest absolute Gasteiger partial charge is 0.344 e. The molecule has 14 heavy (non-hydrogen) atoms. The van der Waals surface area contributed by atoms with Crippen molar-refractivity contribution in [2.45, 2.75) is 51.5 Å². The Morgan fingerprint density at radius 3 is 2.21 bits per heavy atom. The second-order valence-corrected chi connectivity index (χ2v) is 13.8. The molecule has 0 aromatic rings. The second-order valence-electron chi connectivity index (χ2n) is 4.82. The highest BCUT2D eigenvalue weighted by atomic mass is 35.8. The summed E-state index contributed by atoms with van der Waals surface area (Å²) in [7, 11) is 0. The molecule has 0 nitrogen and oxygen atoms in total. The number of hydrogen-bond donors (Lipinski definition) is 0. The van der Waals surface area contributed by atoms with E-state index in [-0.39, 0.29) is 0 Å². The van der Waals surface area contributed by atoms with Gasteiger partial charge in [-0.3, -0.25) is 0 Å². The smallest absolute Gasteiger partial charge is 0.126 e. The van der Waals surface area contributed by atoms with Gasteiger partial charge in [-0.1, -0.05) is 33.1 Å². The fourth-order valence-corrected chi connectivity index (χ4v) is 6.48. The van der Waals surface area contributed by atoms with Crippen molar-refractivity contribution in [3.05, 3.63) is 0 Å². The molecule has 1 saturated carbocycles. The van der Waals surface area contributed by atoms with Crippen molar-refractivity contribution in [1.82, 2.24) is 0 Å². The van der Waals surface area contributed by atoms with Crippen molar-refractivity contribution in [1.29, 1.82) is 0 Å². The zero-order chi connectivity index (χ0) is 10.8. The highest BCUT2D eigenvalue weighted by Gasteiger charge is 2.42. The monoisotopic (exact) mass is 272 g/mol. The number of halogens is 3. The van der Waals surface area contributed by atoms with Gasteiger partial charge in [0.25, 0.3) is 0 Å². The van der Waals surface area contributed by atoms with Crippen LogP contribution in [0.25, 0.3) is 0 Å². The maximum absolute atomic E-state index is 6.16. The highest BCUT2D eigenvalue weighted by Crippen LogP contribution is 2.49. The Balaban J connectivity index is 2.59. The molecule has 4 heteroatoms. The molecule has 0 N–H and O–H groups in total. The Morgan fingerprint density at radius 1 is 1.14 bits per heavy atom. The minimum absolute atomic E-state index is 0.406. The summed E-state index contributed by atoms with van der Waals surface area (Å²) in [6, 6.07) is -2.47. The van der Waals surface area contributed by atoms with Gasteiger partial charge in [0.2, 0.25) is 0 Å². The van der Waals surface area contributed by atoms with Crippen LogP contribution in [0.15, 0.2) is 0 Å². The Morgan fingerprint density at radius 2 is 1.71 bits per heavy atom. The summed E-state index contributed by atoms with van der Waals surface area (Å²) in [4.78, 5) is 0. The van der Waals surface area contributed by atoms with Crippen molar-refractivity contribution < 1.29 is 0 Å². The van der Waals surface area contributed by atoms with E-state index < -0.39 is 6.00 Å². The van der Waals surface area contributed by atoms with E-state index in [2.05, 4.69) is 13.8 Å². The van der Waals surface area contributed by atoms with E-state index in [1.807, 2.05) is 0 Å². The first-order valence-corrected chi connectivity index (χ1v) is 10.6. The zero-order valence-corrected chi connectivity index (χ0v) is 12.2. The van der Waals surface area contributed by atoms with Gasteiger partial charge in [-0.05, 0) is 30.2 Å². The third-order valence-corrected chi connectivity index (χ3v) is 7.23. The maximum Gasteiger partial charge on any atom is 0.344 e. The van der Waals surface area contributed by atoms with Crippen LogP contribution in [0.3, 0.4) is 0 Å². The van der Waals surface area contributed by atoms with Crippen LogP contribution in [0.2, 0.25) is 5.54 Å². The first-order valence-electron chi connectivity index (χ1n) is 5.48. The first-order chi connectivity index (χ1) is 6.41. The Bertz CT molecular complexity index is 177. The Labute approximate surface area is 102 Å². The Hall–Kier alpha value is 1.09. The molecule has 2 unspecified atom stereocenters. The van der Waals surface area contributed by atoms with Crippen LogP contribution >= 0.6 is 33.2 Å². The van der Waals surface area contributed by atoms with E-state index in [0.717, 1.165) is 12.3 Å². The predicted molar refractivity (Wildman–Crippen MR) is 68.5 cm³/mol. The van der Waals surface area contributed by atoms with Gasteiger partial charge in [0, 0.05) is 0 Å². The minimum Gasteiger partial charge on any atom is -0.126 e. The number of rotatable bonds is 3. The molecule has 1 aliphatic carbocycles. The molecule has 0 radical (unpaired) electrons. The summed E-state index contributed by atoms with van der Waals surface area (Å²) in [6.45, 7) is 4.51. The van der Waals surface area contributed by atoms with E-state index in [1.165, 1.54) is 25.7 Å². The van der Waals surface area contributed by atoms with Crippen LogP contribution in [-0.4, -0.2) is 6.00 Å². The zero-order valence-electron chi connectivity index (χ0n) is 8.90. The fraction of sp³-hybridized carbons (Fsp3) is 1.00. The van der Waals surface area contributed by atoms with Crippen LogP contribution in [0.5, 0.6) is 0 Å². The van der Waals surface area contributed by atoms with Crippen LogP contribution in [0, 0.1) is 11.8 Å². The van der Waals surface area contributed by atoms with Crippen molar-refractivity contribution >= 4 is 39.2 Å². The van der Waals surface area contributed by atoms with Crippen molar-refractivity contribution in [2.24, 2.45) is 11.8 Å². The standard InChI is InChI=1S/C10H19Cl3Si/c1-8(2)7-9-5-3-4-6-10(9)14(11,12)13/h8-10H,3-7H2,1-2H3. The number of hydrogen-bond acceptors (Lipinski definition) is 0. The van der Waals surface area contributed by atoms with Gasteiger partial charge in [-0.25, -0.2) is 0 Å². The lowest BCUT2D eigenvalue weighted by Crippen LogP contribution is -2.30. The maximum atomic E-state index is 6.16. The molecule has 84 valence electrons. The van der Waals surface area contributed by atoms with Crippen molar-refractivity contribution in [3.63, 3.8) is 0 Å². The molecule has 0 aliphatic heterocycles. The lowest BCUT2D eigenvalue weighted by Gasteiger charge is -2.35. The molecule has 1 aliphatic rings. The third-order valence-electron chi connectivity index (χ3n) is 3.10. The van der Waals surface area contributed by atoms with Crippen molar-refractivity contribution in [2.75, 3.05) is 0 Å². The molecular formula is C10H19Cl3Si. The van der Waals surface area contributed by atoms with Gasteiger partial charge in [-0.2, -0.15) is 0 Å². The molecule has 1 rings (SSSR count). The summed E-state index contributed by atoms with van der Waals surface area (Å²) < 4.78 is 0. The molecule has 0 heterocycles. The average molecular weight is 274 g/mol. The topological polar surface area (TPSA) is 0 Å². The lowest BCUT2D eigenvalue weighted by atomic mass is 9.83. The second kappa shape index (κ2) is 5.43. The van der Waals surface area contributed by atoms with Gasteiger partial charge in [0.05, 0.1) is 0 Å². The molecule has 2 atom stereocenters. The first kappa shape index (κ1) is 13.2. The molecule has 0 spiro atoms. The average Bonchev–Trinajstić information content (AvgIpc) is 2.01. The van der Waals surface area contributed by atoms with Gasteiger partial charge < -0.3 is 0 Å². The van der Waals surface area contributed by atoms with Gasteiger partial charge in [-0.15, -0.1) is 33.2 Å². The van der Waals surface area contributed by atoms with Crippen LogP contribution in [0.1, 0.15) is 46.0 Å². The van der Waals surface area contributed by atoms with Gasteiger partial charge in [0.15, 0.2) is 0 Å². The fourth-order valence-electron chi connectivity index (χ4n) is 2.53. The Kier molecular flexibility index (Phi) is 5.10. The minimum atomic E-state index is -2.47. The molecular weight excluding hydrogens is 255 g/mol. The molecule has 0 amide bonds. The molecule has 0 aromatic heterocycles. The van der Waals surface area contributed by atoms with E-state index in [4.69, 9.17) is 33.2 Å². The summed E-state index contributed by atoms with van der Waals surface area (Å²) in [6.07, 6.45) is 6.21. The van der Waals surface area contributed by atoms with E-state index >= 15 is 0 Å². The van der Waals surface area contributed by atoms with Crippen LogP contribution in [0.4, 0.5) is 0 Å². The molecule has 1 fully saturated rings. The normalized spacial score (nSPS) is 29.6. The van der Waals surface area contributed by atoms with E-state index in [0.29, 0.717) is 11.5 Å². The summed E-state index contributed by atoms with van der Waals surface area (Å²) >= 11 is 18.5.